The second kappa shape index (κ2) is 4.82. The molecule has 90 valence electrons. The van der Waals surface area contributed by atoms with Crippen molar-refractivity contribution in [2.24, 2.45) is 0 Å². The summed E-state index contributed by atoms with van der Waals surface area (Å²) in [6, 6.07) is 3.42. The molecule has 2 heterocycles. The van der Waals surface area contributed by atoms with Crippen molar-refractivity contribution in [2.45, 2.75) is 26.4 Å². The van der Waals surface area contributed by atoms with Crippen LogP contribution in [-0.4, -0.2) is 26.9 Å². The van der Waals surface area contributed by atoms with Crippen LogP contribution in [0.15, 0.2) is 29.0 Å². The lowest BCUT2D eigenvalue weighted by Gasteiger charge is -2.12. The van der Waals surface area contributed by atoms with Crippen molar-refractivity contribution >= 4 is 5.91 Å². The normalized spacial score (nSPS) is 12.4. The Balaban J connectivity index is 1.90. The molecule has 0 spiro atoms. The first-order valence-electron chi connectivity index (χ1n) is 5.37. The van der Waals surface area contributed by atoms with Crippen molar-refractivity contribution in [1.29, 1.82) is 0 Å². The van der Waals surface area contributed by atoms with Gasteiger partial charge in [0.1, 0.15) is 5.76 Å². The first-order valence-corrected chi connectivity index (χ1v) is 5.37. The lowest BCUT2D eigenvalue weighted by Crippen LogP contribution is -2.35. The molecule has 2 aromatic heterocycles. The van der Waals surface area contributed by atoms with Crippen LogP contribution >= 0.6 is 0 Å². The van der Waals surface area contributed by atoms with Gasteiger partial charge in [0, 0.05) is 24.5 Å². The van der Waals surface area contributed by atoms with E-state index in [1.807, 2.05) is 19.2 Å². The Morgan fingerprint density at radius 2 is 2.47 bits per heavy atom. The van der Waals surface area contributed by atoms with Crippen LogP contribution in [0.3, 0.4) is 0 Å². The van der Waals surface area contributed by atoms with Crippen molar-refractivity contribution in [1.82, 2.24) is 20.3 Å². The molecular weight excluding hydrogens is 220 g/mol. The standard InChI is InChI=1S/C11H14N4O2/c1-8(7-15-5-3-4-12-15)13-11(16)10-6-9(2)17-14-10/h3-6,8H,7H2,1-2H3,(H,13,16)/t8-/m0/s1. The number of aromatic nitrogens is 3. The topological polar surface area (TPSA) is 73.0 Å². The van der Waals surface area contributed by atoms with Crippen molar-refractivity contribution in [3.63, 3.8) is 0 Å². The molecule has 2 rings (SSSR count). The molecule has 0 unspecified atom stereocenters. The minimum absolute atomic E-state index is 0.0283. The van der Waals surface area contributed by atoms with Crippen molar-refractivity contribution in [3.05, 3.63) is 36.0 Å². The number of nitrogens with one attached hydrogen (secondary N) is 1. The van der Waals surface area contributed by atoms with Crippen molar-refractivity contribution < 1.29 is 9.32 Å². The minimum Gasteiger partial charge on any atom is -0.361 e. The van der Waals surface area contributed by atoms with Gasteiger partial charge in [-0.3, -0.25) is 9.48 Å². The largest absolute Gasteiger partial charge is 0.361 e. The molecule has 0 bridgehead atoms. The van der Waals surface area contributed by atoms with Gasteiger partial charge in [-0.05, 0) is 19.9 Å². The second-order valence-corrected chi connectivity index (χ2v) is 3.93. The Bertz CT molecular complexity index is 489. The Labute approximate surface area is 98.6 Å². The lowest BCUT2D eigenvalue weighted by molar-refractivity contribution is 0.0927. The molecule has 0 fully saturated rings. The SMILES string of the molecule is Cc1cc(C(=O)N[C@@H](C)Cn2cccn2)no1. The fraction of sp³-hybridized carbons (Fsp3) is 0.364. The molecule has 0 aliphatic rings. The summed E-state index contributed by atoms with van der Waals surface area (Å²) < 4.78 is 6.61. The lowest BCUT2D eigenvalue weighted by atomic mass is 10.3. The second-order valence-electron chi connectivity index (χ2n) is 3.93. The van der Waals surface area contributed by atoms with E-state index in [1.165, 1.54) is 0 Å². The monoisotopic (exact) mass is 234 g/mol. The zero-order valence-corrected chi connectivity index (χ0v) is 9.75. The van der Waals surface area contributed by atoms with Crippen molar-refractivity contribution in [3.8, 4) is 0 Å². The predicted octanol–water partition coefficient (Wildman–Crippen LogP) is 0.998. The quantitative estimate of drug-likeness (QED) is 0.856. The molecule has 1 atom stereocenters. The average Bonchev–Trinajstić information content (AvgIpc) is 2.89. The van der Waals surface area contributed by atoms with Gasteiger partial charge in [-0.2, -0.15) is 5.10 Å². The van der Waals surface area contributed by atoms with E-state index in [2.05, 4.69) is 15.6 Å². The molecule has 6 heteroatoms. The minimum atomic E-state index is -0.235. The van der Waals surface area contributed by atoms with Crippen LogP contribution < -0.4 is 5.32 Å². The molecule has 0 saturated carbocycles. The molecule has 0 saturated heterocycles. The van der Waals surface area contributed by atoms with E-state index in [1.54, 1.807) is 23.9 Å². The van der Waals surface area contributed by atoms with E-state index in [-0.39, 0.29) is 11.9 Å². The van der Waals surface area contributed by atoms with Crippen molar-refractivity contribution in [2.75, 3.05) is 0 Å². The summed E-state index contributed by atoms with van der Waals surface area (Å²) >= 11 is 0. The number of hydrogen-bond acceptors (Lipinski definition) is 4. The summed E-state index contributed by atoms with van der Waals surface area (Å²) in [6.45, 7) is 4.28. The fourth-order valence-electron chi connectivity index (χ4n) is 1.51. The Morgan fingerprint density at radius 3 is 3.06 bits per heavy atom. The zero-order chi connectivity index (χ0) is 12.3. The highest BCUT2D eigenvalue weighted by Crippen LogP contribution is 2.02. The van der Waals surface area contributed by atoms with Crippen LogP contribution in [-0.2, 0) is 6.54 Å². The third-order valence-corrected chi connectivity index (χ3v) is 2.26. The van der Waals surface area contributed by atoms with E-state index >= 15 is 0 Å². The number of amides is 1. The molecule has 6 nitrogen and oxygen atoms in total. The molecule has 0 aliphatic heterocycles. The van der Waals surface area contributed by atoms with Crippen LogP contribution in [0, 0.1) is 6.92 Å². The Morgan fingerprint density at radius 1 is 1.65 bits per heavy atom. The maximum absolute atomic E-state index is 11.7. The molecule has 0 aliphatic carbocycles. The summed E-state index contributed by atoms with van der Waals surface area (Å²) in [5.41, 5.74) is 0.301. The highest BCUT2D eigenvalue weighted by molar-refractivity contribution is 5.92. The number of rotatable bonds is 4. The molecule has 0 aromatic carbocycles. The van der Waals surface area contributed by atoms with Gasteiger partial charge in [0.2, 0.25) is 0 Å². The molecule has 17 heavy (non-hydrogen) atoms. The number of aryl methyl sites for hydroxylation is 1. The smallest absolute Gasteiger partial charge is 0.273 e. The number of nitrogens with zero attached hydrogens (tertiary/aromatic N) is 3. The molecule has 1 amide bonds. The summed E-state index contributed by atoms with van der Waals surface area (Å²) in [7, 11) is 0. The van der Waals surface area contributed by atoms with Crippen LogP contribution in [0.2, 0.25) is 0 Å². The van der Waals surface area contributed by atoms with Gasteiger partial charge in [-0.15, -0.1) is 0 Å². The van der Waals surface area contributed by atoms with Crippen LogP contribution in [0.5, 0.6) is 0 Å². The number of carbonyl (C=O) groups is 1. The third kappa shape index (κ3) is 2.93. The Hall–Kier alpha value is -2.11. The van der Waals surface area contributed by atoms with Crippen LogP contribution in [0.4, 0.5) is 0 Å². The summed E-state index contributed by atoms with van der Waals surface area (Å²) in [5.74, 6) is 0.386. The van der Waals surface area contributed by atoms with Crippen LogP contribution in [0.25, 0.3) is 0 Å². The first-order chi connectivity index (χ1) is 8.15. The zero-order valence-electron chi connectivity index (χ0n) is 9.75. The maximum atomic E-state index is 11.7. The van der Waals surface area contributed by atoms with Gasteiger partial charge in [-0.25, -0.2) is 0 Å². The van der Waals surface area contributed by atoms with E-state index in [0.717, 1.165) is 0 Å². The fourth-order valence-corrected chi connectivity index (χ4v) is 1.51. The van der Waals surface area contributed by atoms with E-state index in [0.29, 0.717) is 18.0 Å². The summed E-state index contributed by atoms with van der Waals surface area (Å²) in [6.07, 6.45) is 3.55. The van der Waals surface area contributed by atoms with Gasteiger partial charge < -0.3 is 9.84 Å². The first kappa shape index (κ1) is 11.4. The highest BCUT2D eigenvalue weighted by atomic mass is 16.5. The average molecular weight is 234 g/mol. The predicted molar refractivity (Wildman–Crippen MR) is 60.4 cm³/mol. The van der Waals surface area contributed by atoms with Crippen LogP contribution in [0.1, 0.15) is 23.2 Å². The summed E-state index contributed by atoms with van der Waals surface area (Å²) in [4.78, 5) is 11.7. The van der Waals surface area contributed by atoms with E-state index < -0.39 is 0 Å². The Kier molecular flexibility index (Phi) is 3.22. The van der Waals surface area contributed by atoms with E-state index in [9.17, 15) is 4.79 Å². The van der Waals surface area contributed by atoms with Gasteiger partial charge in [0.15, 0.2) is 5.69 Å². The molecule has 2 aromatic rings. The number of hydrogen-bond donors (Lipinski definition) is 1. The molecule has 0 radical (unpaired) electrons. The molecular formula is C11H14N4O2. The maximum Gasteiger partial charge on any atom is 0.273 e. The number of carbonyl (C=O) groups excluding carboxylic acids is 1. The highest BCUT2D eigenvalue weighted by Gasteiger charge is 2.13. The van der Waals surface area contributed by atoms with Gasteiger partial charge in [-0.1, -0.05) is 5.16 Å². The molecule has 1 N–H and O–H groups in total. The third-order valence-electron chi connectivity index (χ3n) is 2.26. The van der Waals surface area contributed by atoms with Gasteiger partial charge in [0.05, 0.1) is 6.54 Å². The van der Waals surface area contributed by atoms with Gasteiger partial charge >= 0.3 is 0 Å². The van der Waals surface area contributed by atoms with E-state index in [4.69, 9.17) is 4.52 Å². The van der Waals surface area contributed by atoms with Gasteiger partial charge in [0.25, 0.3) is 5.91 Å². The summed E-state index contributed by atoms with van der Waals surface area (Å²) in [5, 5.41) is 10.6.